The number of carbonyl (C=O) groups is 1. The van der Waals surface area contributed by atoms with Crippen LogP contribution in [0, 0.1) is 0 Å². The van der Waals surface area contributed by atoms with Crippen LogP contribution in [0.4, 0.5) is 0 Å². The van der Waals surface area contributed by atoms with Gasteiger partial charge in [-0.3, -0.25) is 4.79 Å². The molecule has 2 N–H and O–H groups in total. The molecule has 1 heterocycles. The number of hydrogen-bond donors (Lipinski definition) is 2. The maximum absolute atomic E-state index is 10.6. The second-order valence-electron chi connectivity index (χ2n) is 3.29. The first-order valence-corrected chi connectivity index (χ1v) is 6.07. The van der Waals surface area contributed by atoms with Crippen molar-refractivity contribution in [2.75, 3.05) is 5.75 Å². The van der Waals surface area contributed by atoms with Crippen molar-refractivity contribution in [1.29, 1.82) is 0 Å². The number of carboxylic acids is 1. The summed E-state index contributed by atoms with van der Waals surface area (Å²) in [7, 11) is 0. The number of rotatable bonds is 4. The number of halogens is 1. The number of hydrogen-bond acceptors (Lipinski definition) is 5. The van der Waals surface area contributed by atoms with Gasteiger partial charge in [0.05, 0.1) is 5.75 Å². The van der Waals surface area contributed by atoms with Crippen LogP contribution in [0.1, 0.15) is 5.56 Å². The molecule has 0 saturated heterocycles. The van der Waals surface area contributed by atoms with Gasteiger partial charge in [0.15, 0.2) is 6.40 Å². The topological polar surface area (TPSA) is 70.9 Å². The van der Waals surface area contributed by atoms with E-state index in [9.17, 15) is 4.79 Å². The van der Waals surface area contributed by atoms with Crippen LogP contribution in [0.3, 0.4) is 0 Å². The van der Waals surface area contributed by atoms with E-state index in [1.165, 1.54) is 6.40 Å². The molecule has 1 aliphatic heterocycles. The quantitative estimate of drug-likeness (QED) is 0.875. The van der Waals surface area contributed by atoms with E-state index in [0.29, 0.717) is 5.02 Å². The van der Waals surface area contributed by atoms with Crippen molar-refractivity contribution < 1.29 is 14.7 Å². The highest BCUT2D eigenvalue weighted by molar-refractivity contribution is 8.00. The summed E-state index contributed by atoms with van der Waals surface area (Å²) in [6.07, 6.45) is 1.25. The van der Waals surface area contributed by atoms with E-state index >= 15 is 0 Å². The molecule has 7 heteroatoms. The Morgan fingerprint density at radius 1 is 1.65 bits per heavy atom. The lowest BCUT2D eigenvalue weighted by Crippen LogP contribution is -2.33. The fraction of sp³-hybridized carbons (Fsp3) is 0.200. The largest absolute Gasteiger partial charge is 0.481 e. The molecule has 1 unspecified atom stereocenters. The minimum atomic E-state index is -0.941. The number of aliphatic carboxylic acids is 1. The van der Waals surface area contributed by atoms with Crippen molar-refractivity contribution in [1.82, 2.24) is 5.48 Å². The highest BCUT2D eigenvalue weighted by Crippen LogP contribution is 2.37. The Kier molecular flexibility index (Phi) is 3.56. The van der Waals surface area contributed by atoms with E-state index in [-0.39, 0.29) is 5.75 Å². The molecule has 0 fully saturated rings. The average molecular weight is 273 g/mol. The lowest BCUT2D eigenvalue weighted by Gasteiger charge is -2.23. The van der Waals surface area contributed by atoms with Gasteiger partial charge in [0.2, 0.25) is 4.99 Å². The summed E-state index contributed by atoms with van der Waals surface area (Å²) in [6.45, 7) is 0. The molecule has 1 aromatic rings. The minimum absolute atomic E-state index is 0.0970. The van der Waals surface area contributed by atoms with E-state index in [1.54, 1.807) is 24.3 Å². The Labute approximate surface area is 107 Å². The SMILES string of the molecule is O=C(O)CSC1(c2cccc(Cl)c2)N=CON1. The monoisotopic (exact) mass is 272 g/mol. The van der Waals surface area contributed by atoms with E-state index in [1.807, 2.05) is 0 Å². The van der Waals surface area contributed by atoms with Gasteiger partial charge in [-0.15, -0.1) is 5.48 Å². The Bertz CT molecular complexity index is 469. The summed E-state index contributed by atoms with van der Waals surface area (Å²) in [5.74, 6) is -1.01. The zero-order valence-electron chi connectivity index (χ0n) is 8.59. The third kappa shape index (κ3) is 2.71. The summed E-state index contributed by atoms with van der Waals surface area (Å²) in [6, 6.07) is 7.03. The third-order valence-corrected chi connectivity index (χ3v) is 3.57. The molecular weight excluding hydrogens is 264 g/mol. The number of hydroxylamine groups is 1. The summed E-state index contributed by atoms with van der Waals surface area (Å²) < 4.78 is 0. The molecule has 5 nitrogen and oxygen atoms in total. The van der Waals surface area contributed by atoms with Gasteiger partial charge in [-0.25, -0.2) is 4.99 Å². The number of carboxylic acid groups (broad SMARTS) is 1. The van der Waals surface area contributed by atoms with Gasteiger partial charge in [0, 0.05) is 10.6 Å². The van der Waals surface area contributed by atoms with Gasteiger partial charge in [0.25, 0.3) is 0 Å². The standard InChI is InChI=1S/C10H9ClN2O3S/c11-8-3-1-2-7(4-8)10(12-6-16-13-10)17-5-9(14)15/h1-4,6,13H,5H2,(H,14,15). The molecule has 1 aliphatic rings. The molecule has 0 spiro atoms. The second-order valence-corrected chi connectivity index (χ2v) is 4.90. The Balaban J connectivity index is 2.28. The zero-order chi connectivity index (χ0) is 12.3. The van der Waals surface area contributed by atoms with Crippen LogP contribution in [0.2, 0.25) is 5.02 Å². The van der Waals surface area contributed by atoms with Crippen LogP contribution >= 0.6 is 23.4 Å². The molecule has 0 amide bonds. The molecule has 0 aliphatic carbocycles. The maximum atomic E-state index is 10.6. The lowest BCUT2D eigenvalue weighted by molar-refractivity contribution is -0.133. The van der Waals surface area contributed by atoms with Crippen molar-refractivity contribution in [3.05, 3.63) is 34.9 Å². The number of aliphatic imine (C=N–C) groups is 1. The smallest absolute Gasteiger partial charge is 0.313 e. The molecule has 1 aromatic carbocycles. The summed E-state index contributed by atoms with van der Waals surface area (Å²) in [5, 5.41) is 9.28. The highest BCUT2D eigenvalue weighted by Gasteiger charge is 2.36. The van der Waals surface area contributed by atoms with Crippen LogP contribution in [-0.2, 0) is 14.6 Å². The third-order valence-electron chi connectivity index (χ3n) is 2.10. The molecule has 2 rings (SSSR count). The maximum Gasteiger partial charge on any atom is 0.313 e. The zero-order valence-corrected chi connectivity index (χ0v) is 10.2. The minimum Gasteiger partial charge on any atom is -0.481 e. The average Bonchev–Trinajstić information content (AvgIpc) is 2.76. The lowest BCUT2D eigenvalue weighted by atomic mass is 10.2. The molecule has 90 valence electrons. The second kappa shape index (κ2) is 4.95. The van der Waals surface area contributed by atoms with E-state index in [0.717, 1.165) is 17.3 Å². The molecule has 17 heavy (non-hydrogen) atoms. The van der Waals surface area contributed by atoms with Crippen molar-refractivity contribution in [3.8, 4) is 0 Å². The van der Waals surface area contributed by atoms with Gasteiger partial charge in [-0.2, -0.15) is 0 Å². The normalized spacial score (nSPS) is 22.4. The van der Waals surface area contributed by atoms with Crippen LogP contribution in [0.25, 0.3) is 0 Å². The van der Waals surface area contributed by atoms with E-state index in [2.05, 4.69) is 10.5 Å². The van der Waals surface area contributed by atoms with Gasteiger partial charge >= 0.3 is 5.97 Å². The van der Waals surface area contributed by atoms with Crippen LogP contribution in [0.15, 0.2) is 29.3 Å². The Hall–Kier alpha value is -1.24. The fourth-order valence-corrected chi connectivity index (χ4v) is 2.42. The van der Waals surface area contributed by atoms with Gasteiger partial charge in [-0.05, 0) is 12.1 Å². The molecular formula is C10H9ClN2O3S. The van der Waals surface area contributed by atoms with Gasteiger partial charge in [0.1, 0.15) is 0 Å². The first-order chi connectivity index (χ1) is 8.12. The number of nitrogens with zero attached hydrogens (tertiary/aromatic N) is 1. The van der Waals surface area contributed by atoms with Gasteiger partial charge < -0.3 is 9.94 Å². The summed E-state index contributed by atoms with van der Waals surface area (Å²) >= 11 is 7.01. The molecule has 1 atom stereocenters. The van der Waals surface area contributed by atoms with Crippen molar-refractivity contribution in [2.45, 2.75) is 4.99 Å². The van der Waals surface area contributed by atoms with E-state index < -0.39 is 11.0 Å². The van der Waals surface area contributed by atoms with Crippen LogP contribution in [0.5, 0.6) is 0 Å². The molecule has 0 radical (unpaired) electrons. The molecule has 0 bridgehead atoms. The Morgan fingerprint density at radius 3 is 3.06 bits per heavy atom. The first kappa shape index (κ1) is 12.2. The number of nitrogens with one attached hydrogen (secondary N) is 1. The van der Waals surface area contributed by atoms with Crippen molar-refractivity contribution in [2.24, 2.45) is 4.99 Å². The van der Waals surface area contributed by atoms with Crippen LogP contribution in [-0.4, -0.2) is 23.2 Å². The predicted molar refractivity (Wildman–Crippen MR) is 65.9 cm³/mol. The van der Waals surface area contributed by atoms with Crippen LogP contribution < -0.4 is 5.48 Å². The fourth-order valence-electron chi connectivity index (χ4n) is 1.38. The highest BCUT2D eigenvalue weighted by atomic mass is 35.5. The van der Waals surface area contributed by atoms with E-state index in [4.69, 9.17) is 21.5 Å². The van der Waals surface area contributed by atoms with Crippen molar-refractivity contribution >= 4 is 35.7 Å². The first-order valence-electron chi connectivity index (χ1n) is 4.71. The molecule has 0 aromatic heterocycles. The predicted octanol–water partition coefficient (Wildman–Crippen LogP) is 1.83. The summed E-state index contributed by atoms with van der Waals surface area (Å²) in [5.41, 5.74) is 3.43. The van der Waals surface area contributed by atoms with Crippen molar-refractivity contribution in [3.63, 3.8) is 0 Å². The molecule has 0 saturated carbocycles. The summed E-state index contributed by atoms with van der Waals surface area (Å²) in [4.78, 5) is 18.7. The number of benzene rings is 1. The van der Waals surface area contributed by atoms with Gasteiger partial charge in [-0.1, -0.05) is 35.5 Å². The number of thioether (sulfide) groups is 1. The Morgan fingerprint density at radius 2 is 2.47 bits per heavy atom.